The summed E-state index contributed by atoms with van der Waals surface area (Å²) in [5.41, 5.74) is 0.741. The van der Waals surface area contributed by atoms with E-state index in [1.165, 1.54) is 12.8 Å². The van der Waals surface area contributed by atoms with Crippen LogP contribution in [0.25, 0.3) is 0 Å². The minimum atomic E-state index is -0.995. The first-order valence-corrected chi connectivity index (χ1v) is 9.80. The lowest BCUT2D eigenvalue weighted by Gasteiger charge is -2.34. The Hall–Kier alpha value is -1.40. The zero-order valence-electron chi connectivity index (χ0n) is 13.5. The molecule has 2 atom stereocenters. The third kappa shape index (κ3) is 4.12. The van der Waals surface area contributed by atoms with E-state index in [0.29, 0.717) is 12.0 Å². The molecule has 1 N–H and O–H groups in total. The van der Waals surface area contributed by atoms with Crippen molar-refractivity contribution in [3.63, 3.8) is 0 Å². The highest BCUT2D eigenvalue weighted by Crippen LogP contribution is 2.29. The van der Waals surface area contributed by atoms with E-state index >= 15 is 0 Å². The van der Waals surface area contributed by atoms with E-state index < -0.39 is 10.8 Å². The molecule has 0 aromatic heterocycles. The van der Waals surface area contributed by atoms with Gasteiger partial charge >= 0.3 is 6.03 Å². The molecule has 5 nitrogen and oxygen atoms in total. The largest absolute Gasteiger partial charge is 0.378 e. The van der Waals surface area contributed by atoms with Crippen LogP contribution in [0.3, 0.4) is 0 Å². The number of carbonyl (C=O) groups excluding carboxylic acids is 1. The molecule has 0 saturated carbocycles. The summed E-state index contributed by atoms with van der Waals surface area (Å²) in [6.45, 7) is 2.46. The summed E-state index contributed by atoms with van der Waals surface area (Å²) < 4.78 is 17.1. The van der Waals surface area contributed by atoms with E-state index in [4.69, 9.17) is 4.74 Å². The zero-order chi connectivity index (χ0) is 16.2. The monoisotopic (exact) mass is 336 g/mol. The fraction of sp³-hybridized carbons (Fsp3) is 0.588. The fourth-order valence-corrected chi connectivity index (χ4v) is 3.90. The Balaban J connectivity index is 1.50. The zero-order valence-corrected chi connectivity index (χ0v) is 14.3. The minimum absolute atomic E-state index is 0.0545. The Bertz CT molecular complexity index is 562. The van der Waals surface area contributed by atoms with Gasteiger partial charge in [0.1, 0.15) is 0 Å². The molecule has 2 aliphatic rings. The number of piperidine rings is 1. The number of ether oxygens (including phenoxy) is 1. The SMILES string of the molecule is CS(=O)c1ccc(NC(=O)N2CCC(C3CCCO3)CC2)cc1. The summed E-state index contributed by atoms with van der Waals surface area (Å²) in [5, 5.41) is 2.92. The van der Waals surface area contributed by atoms with Crippen molar-refractivity contribution in [1.82, 2.24) is 4.90 Å². The van der Waals surface area contributed by atoms with Crippen molar-refractivity contribution < 1.29 is 13.7 Å². The Labute approximate surface area is 139 Å². The molecule has 2 unspecified atom stereocenters. The number of amides is 2. The first kappa shape index (κ1) is 16.5. The molecule has 0 spiro atoms. The van der Waals surface area contributed by atoms with Crippen LogP contribution in [0.2, 0.25) is 0 Å². The van der Waals surface area contributed by atoms with Gasteiger partial charge in [-0.2, -0.15) is 0 Å². The third-order valence-corrected chi connectivity index (χ3v) is 5.69. The van der Waals surface area contributed by atoms with Gasteiger partial charge in [0.15, 0.2) is 0 Å². The maximum atomic E-state index is 12.3. The van der Waals surface area contributed by atoms with Crippen LogP contribution in [0.1, 0.15) is 25.7 Å². The topological polar surface area (TPSA) is 58.6 Å². The number of anilines is 1. The molecule has 6 heteroatoms. The molecular formula is C17H24N2O3S. The molecule has 2 saturated heterocycles. The molecule has 126 valence electrons. The smallest absolute Gasteiger partial charge is 0.321 e. The predicted octanol–water partition coefficient (Wildman–Crippen LogP) is 2.85. The van der Waals surface area contributed by atoms with Crippen LogP contribution in [0.15, 0.2) is 29.2 Å². The van der Waals surface area contributed by atoms with Gasteiger partial charge in [0.05, 0.1) is 6.10 Å². The molecule has 2 aliphatic heterocycles. The van der Waals surface area contributed by atoms with Crippen LogP contribution in [0, 0.1) is 5.92 Å². The van der Waals surface area contributed by atoms with Crippen LogP contribution in [-0.4, -0.2) is 47.2 Å². The molecule has 2 fully saturated rings. The van der Waals surface area contributed by atoms with E-state index in [2.05, 4.69) is 5.32 Å². The van der Waals surface area contributed by atoms with Crippen molar-refractivity contribution in [1.29, 1.82) is 0 Å². The van der Waals surface area contributed by atoms with Crippen LogP contribution in [0.5, 0.6) is 0 Å². The highest BCUT2D eigenvalue weighted by Gasteiger charge is 2.30. The molecule has 1 aromatic rings. The van der Waals surface area contributed by atoms with Gasteiger partial charge in [-0.15, -0.1) is 0 Å². The number of urea groups is 1. The van der Waals surface area contributed by atoms with E-state index in [1.54, 1.807) is 30.5 Å². The van der Waals surface area contributed by atoms with Gasteiger partial charge in [-0.3, -0.25) is 4.21 Å². The lowest BCUT2D eigenvalue weighted by atomic mass is 9.90. The van der Waals surface area contributed by atoms with Crippen LogP contribution >= 0.6 is 0 Å². The average molecular weight is 336 g/mol. The van der Waals surface area contributed by atoms with Crippen LogP contribution in [0.4, 0.5) is 10.5 Å². The second kappa shape index (κ2) is 7.45. The summed E-state index contributed by atoms with van der Waals surface area (Å²) in [5.74, 6) is 0.598. The average Bonchev–Trinajstić information content (AvgIpc) is 3.10. The second-order valence-corrected chi connectivity index (χ2v) is 7.66. The highest BCUT2D eigenvalue weighted by atomic mass is 32.2. The van der Waals surface area contributed by atoms with Gasteiger partial charge in [-0.25, -0.2) is 4.79 Å². The molecule has 1 aromatic carbocycles. The summed E-state index contributed by atoms with van der Waals surface area (Å²) in [6.07, 6.45) is 6.43. The number of nitrogens with zero attached hydrogens (tertiary/aromatic N) is 1. The summed E-state index contributed by atoms with van der Waals surface area (Å²) in [4.78, 5) is 15.0. The van der Waals surface area contributed by atoms with E-state index in [-0.39, 0.29) is 6.03 Å². The van der Waals surface area contributed by atoms with E-state index in [1.807, 2.05) is 4.90 Å². The van der Waals surface area contributed by atoms with Crippen LogP contribution in [-0.2, 0) is 15.5 Å². The van der Waals surface area contributed by atoms with Crippen molar-refractivity contribution >= 4 is 22.5 Å². The Morgan fingerprint density at radius 3 is 2.48 bits per heavy atom. The number of rotatable bonds is 3. The van der Waals surface area contributed by atoms with Gasteiger partial charge in [0.2, 0.25) is 0 Å². The molecule has 0 aliphatic carbocycles. The number of benzene rings is 1. The van der Waals surface area contributed by atoms with Crippen molar-refractivity contribution in [3.8, 4) is 0 Å². The van der Waals surface area contributed by atoms with Gasteiger partial charge in [0, 0.05) is 47.3 Å². The van der Waals surface area contributed by atoms with Crippen molar-refractivity contribution in [3.05, 3.63) is 24.3 Å². The van der Waals surface area contributed by atoms with Gasteiger partial charge in [-0.05, 0) is 55.9 Å². The molecule has 2 heterocycles. The molecule has 2 amide bonds. The number of hydrogen-bond acceptors (Lipinski definition) is 3. The number of carbonyl (C=O) groups is 1. The Kier molecular flexibility index (Phi) is 5.33. The molecule has 0 radical (unpaired) electrons. The van der Waals surface area contributed by atoms with Gasteiger partial charge in [-0.1, -0.05) is 0 Å². The minimum Gasteiger partial charge on any atom is -0.378 e. The highest BCUT2D eigenvalue weighted by molar-refractivity contribution is 7.84. The Morgan fingerprint density at radius 2 is 1.91 bits per heavy atom. The fourth-order valence-electron chi connectivity index (χ4n) is 3.38. The molecule has 0 bridgehead atoms. The number of likely N-dealkylation sites (tertiary alicyclic amines) is 1. The molecular weight excluding hydrogens is 312 g/mol. The van der Waals surface area contributed by atoms with Gasteiger partial charge < -0.3 is 15.0 Å². The summed E-state index contributed by atoms with van der Waals surface area (Å²) in [7, 11) is -0.995. The molecule has 3 rings (SSSR count). The maximum absolute atomic E-state index is 12.3. The second-order valence-electron chi connectivity index (χ2n) is 6.28. The number of nitrogens with one attached hydrogen (secondary N) is 1. The van der Waals surface area contributed by atoms with Crippen LogP contribution < -0.4 is 5.32 Å². The summed E-state index contributed by atoms with van der Waals surface area (Å²) >= 11 is 0. The lowest BCUT2D eigenvalue weighted by molar-refractivity contribution is 0.0382. The third-order valence-electron chi connectivity index (χ3n) is 4.76. The van der Waals surface area contributed by atoms with Crippen molar-refractivity contribution in [2.75, 3.05) is 31.3 Å². The van der Waals surface area contributed by atoms with Gasteiger partial charge in [0.25, 0.3) is 0 Å². The number of hydrogen-bond donors (Lipinski definition) is 1. The standard InChI is InChI=1S/C17H24N2O3S/c1-23(21)15-6-4-14(5-7-15)18-17(20)19-10-8-13(9-11-19)16-3-2-12-22-16/h4-7,13,16H,2-3,8-12H2,1H3,(H,18,20). The quantitative estimate of drug-likeness (QED) is 0.923. The van der Waals surface area contributed by atoms with E-state index in [0.717, 1.165) is 43.1 Å². The normalized spacial score (nSPS) is 23.7. The summed E-state index contributed by atoms with van der Waals surface area (Å²) in [6, 6.07) is 7.12. The first-order valence-electron chi connectivity index (χ1n) is 8.24. The van der Waals surface area contributed by atoms with E-state index in [9.17, 15) is 9.00 Å². The molecule has 23 heavy (non-hydrogen) atoms. The van der Waals surface area contributed by atoms with Crippen molar-refractivity contribution in [2.24, 2.45) is 5.92 Å². The lowest BCUT2D eigenvalue weighted by Crippen LogP contribution is -2.43. The Morgan fingerprint density at radius 1 is 1.22 bits per heavy atom. The maximum Gasteiger partial charge on any atom is 0.321 e. The predicted molar refractivity (Wildman–Crippen MR) is 91.1 cm³/mol. The van der Waals surface area contributed by atoms with Crippen molar-refractivity contribution in [2.45, 2.75) is 36.7 Å². The first-order chi connectivity index (χ1) is 11.1.